The number of phenols is 1. The second-order valence-electron chi connectivity index (χ2n) is 5.69. The third-order valence-corrected chi connectivity index (χ3v) is 3.64. The molecule has 0 atom stereocenters. The van der Waals surface area contributed by atoms with Gasteiger partial charge in [-0.3, -0.25) is 0 Å². The monoisotopic (exact) mass is 302 g/mol. The van der Waals surface area contributed by atoms with Gasteiger partial charge in [0.15, 0.2) is 0 Å². The number of hydrogen-bond donors (Lipinski definition) is 1. The largest absolute Gasteiger partial charge is 0.506 e. The molecule has 0 radical (unpaired) electrons. The minimum absolute atomic E-state index is 0.0170. The highest BCUT2D eigenvalue weighted by Crippen LogP contribution is 2.45. The van der Waals surface area contributed by atoms with Crippen molar-refractivity contribution in [2.45, 2.75) is 19.4 Å². The smallest absolute Gasteiger partial charge is 0.342 e. The molecule has 1 aliphatic heterocycles. The third kappa shape index (κ3) is 2.09. The van der Waals surface area contributed by atoms with Crippen LogP contribution in [0.15, 0.2) is 24.3 Å². The Morgan fingerprint density at radius 2 is 2.05 bits per heavy atom. The van der Waals surface area contributed by atoms with Crippen molar-refractivity contribution in [2.24, 2.45) is 0 Å². The second-order valence-corrected chi connectivity index (χ2v) is 5.69. The molecule has 2 aromatic rings. The molecular weight excluding hydrogens is 287 g/mol. The molecule has 2 aromatic carbocycles. The number of aromatic hydroxyl groups is 1. The maximum absolute atomic E-state index is 13.6. The number of phenolic OH excluding ortho intramolecular Hbond substituents is 1. The molecule has 0 spiro atoms. The average molecular weight is 302 g/mol. The minimum Gasteiger partial charge on any atom is -0.506 e. The van der Waals surface area contributed by atoms with Gasteiger partial charge in [-0.2, -0.15) is 0 Å². The zero-order valence-electron chi connectivity index (χ0n) is 12.4. The fraction of sp³-hybridized carbons (Fsp3) is 0.235. The molecule has 0 amide bonds. The van der Waals surface area contributed by atoms with Crippen LogP contribution in [0.4, 0.5) is 4.39 Å². The summed E-state index contributed by atoms with van der Waals surface area (Å²) in [5.41, 5.74) is -0.193. The summed E-state index contributed by atoms with van der Waals surface area (Å²) in [6.07, 6.45) is 3.46. The number of carbonyl (C=O) groups excluding carboxylic acids is 1. The van der Waals surface area contributed by atoms with Crippen LogP contribution < -0.4 is 4.74 Å². The third-order valence-electron chi connectivity index (χ3n) is 3.64. The molecule has 0 bridgehead atoms. The van der Waals surface area contributed by atoms with E-state index < -0.39 is 17.4 Å². The predicted molar refractivity (Wildman–Crippen MR) is 80.7 cm³/mol. The minimum atomic E-state index is -0.673. The summed E-state index contributed by atoms with van der Waals surface area (Å²) in [5, 5.41) is 11.2. The van der Waals surface area contributed by atoms with Crippen molar-refractivity contribution in [1.82, 2.24) is 0 Å². The summed E-state index contributed by atoms with van der Waals surface area (Å²) in [5.74, 6) is -1.00. The molecule has 5 heteroatoms. The van der Waals surface area contributed by atoms with E-state index >= 15 is 0 Å². The number of hydrogen-bond acceptors (Lipinski definition) is 4. The lowest BCUT2D eigenvalue weighted by Crippen LogP contribution is -2.28. The second kappa shape index (κ2) is 4.73. The first-order valence-electron chi connectivity index (χ1n) is 6.79. The van der Waals surface area contributed by atoms with Crippen LogP contribution in [0.2, 0.25) is 0 Å². The molecule has 22 heavy (non-hydrogen) atoms. The van der Waals surface area contributed by atoms with Crippen LogP contribution in [0.1, 0.15) is 29.8 Å². The van der Waals surface area contributed by atoms with E-state index in [1.807, 2.05) is 13.8 Å². The number of ether oxygens (including phenoxy) is 2. The number of methoxy groups -OCH3 is 1. The van der Waals surface area contributed by atoms with Crippen molar-refractivity contribution >= 4 is 22.8 Å². The highest BCUT2D eigenvalue weighted by atomic mass is 19.1. The van der Waals surface area contributed by atoms with Gasteiger partial charge in [0.2, 0.25) is 0 Å². The topological polar surface area (TPSA) is 55.8 Å². The van der Waals surface area contributed by atoms with E-state index in [1.54, 1.807) is 12.2 Å². The van der Waals surface area contributed by atoms with E-state index in [2.05, 4.69) is 0 Å². The van der Waals surface area contributed by atoms with Gasteiger partial charge in [-0.1, -0.05) is 6.08 Å². The standard InChI is InChI=1S/C17H15FO4/c1-17(2)7-6-11-13(16(20)21-3)14(19)10-5-4-9(18)8-12(10)15(11)22-17/h4-8,19H,1-3H3. The van der Waals surface area contributed by atoms with Crippen molar-refractivity contribution in [3.05, 3.63) is 41.2 Å². The Labute approximate surface area is 126 Å². The van der Waals surface area contributed by atoms with Crippen molar-refractivity contribution < 1.29 is 23.8 Å². The lowest BCUT2D eigenvalue weighted by molar-refractivity contribution is 0.0595. The van der Waals surface area contributed by atoms with Crippen LogP contribution in [0, 0.1) is 5.82 Å². The Morgan fingerprint density at radius 1 is 1.32 bits per heavy atom. The zero-order valence-corrected chi connectivity index (χ0v) is 12.4. The first kappa shape index (κ1) is 14.4. The Bertz CT molecular complexity index is 821. The van der Waals surface area contributed by atoms with Crippen LogP contribution in [0.3, 0.4) is 0 Å². The highest BCUT2D eigenvalue weighted by molar-refractivity contribution is 6.08. The normalized spacial score (nSPS) is 15.3. The molecule has 0 aliphatic carbocycles. The van der Waals surface area contributed by atoms with Gasteiger partial charge >= 0.3 is 5.97 Å². The molecule has 3 rings (SSSR count). The van der Waals surface area contributed by atoms with Crippen LogP contribution in [0.25, 0.3) is 16.8 Å². The van der Waals surface area contributed by atoms with E-state index in [9.17, 15) is 14.3 Å². The number of halogens is 1. The van der Waals surface area contributed by atoms with Crippen molar-refractivity contribution in [3.8, 4) is 11.5 Å². The van der Waals surface area contributed by atoms with Crippen molar-refractivity contribution in [2.75, 3.05) is 7.11 Å². The van der Waals surface area contributed by atoms with Crippen LogP contribution in [-0.2, 0) is 4.74 Å². The zero-order chi connectivity index (χ0) is 16.1. The molecule has 0 saturated heterocycles. The molecule has 0 aromatic heterocycles. The summed E-state index contributed by atoms with van der Waals surface area (Å²) < 4.78 is 24.3. The summed E-state index contributed by atoms with van der Waals surface area (Å²) in [7, 11) is 1.24. The predicted octanol–water partition coefficient (Wildman–Crippen LogP) is 3.66. The van der Waals surface area contributed by atoms with E-state index in [0.717, 1.165) is 0 Å². The summed E-state index contributed by atoms with van der Waals surface area (Å²) in [6.45, 7) is 3.70. The van der Waals surface area contributed by atoms with Crippen LogP contribution in [0.5, 0.6) is 11.5 Å². The van der Waals surface area contributed by atoms with Crippen molar-refractivity contribution in [1.29, 1.82) is 0 Å². The molecule has 4 nitrogen and oxygen atoms in total. The maximum atomic E-state index is 13.6. The first-order valence-corrected chi connectivity index (χ1v) is 6.79. The molecule has 0 unspecified atom stereocenters. The SMILES string of the molecule is COC(=O)c1c2c(c3cc(F)ccc3c1O)OC(C)(C)C=C2. The van der Waals surface area contributed by atoms with Gasteiger partial charge < -0.3 is 14.6 Å². The number of carbonyl (C=O) groups is 1. The lowest BCUT2D eigenvalue weighted by Gasteiger charge is -2.30. The average Bonchev–Trinajstić information content (AvgIpc) is 2.47. The van der Waals surface area contributed by atoms with E-state index in [-0.39, 0.29) is 11.3 Å². The number of benzene rings is 2. The molecular formula is C17H15FO4. The number of fused-ring (bicyclic) bond motifs is 3. The molecule has 1 aliphatic rings. The van der Waals surface area contributed by atoms with Gasteiger partial charge in [-0.05, 0) is 38.1 Å². The Balaban J connectivity index is 2.45. The fourth-order valence-electron chi connectivity index (χ4n) is 2.59. The fourth-order valence-corrected chi connectivity index (χ4v) is 2.59. The van der Waals surface area contributed by atoms with Gasteiger partial charge in [0.1, 0.15) is 28.5 Å². The molecule has 114 valence electrons. The van der Waals surface area contributed by atoms with Gasteiger partial charge in [0.05, 0.1) is 7.11 Å². The van der Waals surface area contributed by atoms with Gasteiger partial charge in [-0.25, -0.2) is 9.18 Å². The lowest BCUT2D eigenvalue weighted by atomic mass is 9.93. The molecule has 1 heterocycles. The highest BCUT2D eigenvalue weighted by Gasteiger charge is 2.30. The Kier molecular flexibility index (Phi) is 3.09. The maximum Gasteiger partial charge on any atom is 0.342 e. The van der Waals surface area contributed by atoms with Crippen LogP contribution >= 0.6 is 0 Å². The molecule has 0 saturated carbocycles. The Morgan fingerprint density at radius 3 is 2.73 bits per heavy atom. The molecule has 1 N–H and O–H groups in total. The van der Waals surface area contributed by atoms with Gasteiger partial charge in [0, 0.05) is 16.3 Å². The quantitative estimate of drug-likeness (QED) is 0.817. The first-order chi connectivity index (χ1) is 10.3. The molecule has 0 fully saturated rings. The van der Waals surface area contributed by atoms with Gasteiger partial charge in [0.25, 0.3) is 0 Å². The summed E-state index contributed by atoms with van der Waals surface area (Å²) in [4.78, 5) is 12.0. The number of rotatable bonds is 1. The summed E-state index contributed by atoms with van der Waals surface area (Å²) >= 11 is 0. The van der Waals surface area contributed by atoms with E-state index in [4.69, 9.17) is 9.47 Å². The Hall–Kier alpha value is -2.56. The summed E-state index contributed by atoms with van der Waals surface area (Å²) in [6, 6.07) is 3.92. The van der Waals surface area contributed by atoms with Gasteiger partial charge in [-0.15, -0.1) is 0 Å². The van der Waals surface area contributed by atoms with E-state index in [1.165, 1.54) is 25.3 Å². The van der Waals surface area contributed by atoms with Crippen molar-refractivity contribution in [3.63, 3.8) is 0 Å². The van der Waals surface area contributed by atoms with Crippen LogP contribution in [-0.4, -0.2) is 23.8 Å². The number of esters is 1. The van der Waals surface area contributed by atoms with E-state index in [0.29, 0.717) is 22.1 Å².